The van der Waals surface area contributed by atoms with Crippen LogP contribution < -0.4 is 9.47 Å². The number of aliphatic carboxylic acids is 1. The molecule has 1 atom stereocenters. The van der Waals surface area contributed by atoms with E-state index < -0.39 is 23.8 Å². The maximum Gasteiger partial charge on any atom is 0.430 e. The average molecular weight is 450 g/mol. The summed E-state index contributed by atoms with van der Waals surface area (Å²) in [6.07, 6.45) is -6.48. The van der Waals surface area contributed by atoms with Gasteiger partial charge in [-0.3, -0.25) is 0 Å². The van der Waals surface area contributed by atoms with E-state index in [0.717, 1.165) is 10.5 Å². The van der Waals surface area contributed by atoms with Crippen molar-refractivity contribution in [2.24, 2.45) is 0 Å². The monoisotopic (exact) mass is 448 g/mol. The predicted molar refractivity (Wildman–Crippen MR) is 91.8 cm³/mol. The molecule has 1 N–H and O–H groups in total. The number of carboxylic acid groups (broad SMARTS) is 1. The summed E-state index contributed by atoms with van der Waals surface area (Å²) in [6, 6.07) is 9.03. The van der Waals surface area contributed by atoms with Crippen molar-refractivity contribution in [3.8, 4) is 17.2 Å². The fourth-order valence-corrected chi connectivity index (χ4v) is 3.05. The van der Waals surface area contributed by atoms with E-state index >= 15 is 0 Å². The van der Waals surface area contributed by atoms with Crippen LogP contribution >= 0.6 is 27.5 Å². The maximum atomic E-state index is 13.1. The number of hydrogen-bond donors (Lipinski definition) is 1. The van der Waals surface area contributed by atoms with E-state index in [1.165, 1.54) is 18.2 Å². The Morgan fingerprint density at radius 2 is 1.96 bits per heavy atom. The van der Waals surface area contributed by atoms with E-state index in [4.69, 9.17) is 26.2 Å². The zero-order chi connectivity index (χ0) is 19.1. The third-order valence-electron chi connectivity index (χ3n) is 3.49. The Balaban J connectivity index is 1.95. The maximum absolute atomic E-state index is 13.1. The summed E-state index contributed by atoms with van der Waals surface area (Å²) in [6.45, 7) is 0. The molecule has 2 aromatic carbocycles. The van der Waals surface area contributed by atoms with Gasteiger partial charge in [-0.15, -0.1) is 0 Å². The molecule has 3 rings (SSSR count). The number of rotatable bonds is 3. The van der Waals surface area contributed by atoms with Crippen LogP contribution in [0.25, 0.3) is 6.08 Å². The minimum absolute atomic E-state index is 0.136. The molecule has 1 aliphatic rings. The van der Waals surface area contributed by atoms with Crippen molar-refractivity contribution in [3.63, 3.8) is 0 Å². The Hall–Kier alpha value is -2.19. The number of fused-ring (bicyclic) bond motifs is 1. The third kappa shape index (κ3) is 3.81. The number of benzene rings is 2. The van der Waals surface area contributed by atoms with Crippen LogP contribution in [-0.4, -0.2) is 23.4 Å². The molecule has 0 aromatic heterocycles. The highest BCUT2D eigenvalue weighted by molar-refractivity contribution is 9.10. The molecule has 0 fully saturated rings. The van der Waals surface area contributed by atoms with Crippen molar-refractivity contribution >= 4 is 39.6 Å². The van der Waals surface area contributed by atoms with Gasteiger partial charge < -0.3 is 14.6 Å². The molecule has 0 bridgehead atoms. The summed E-state index contributed by atoms with van der Waals surface area (Å²) in [5.41, 5.74) is -0.674. The SMILES string of the molecule is O=C(O)C1=Cc2ccc(Oc3ccc(Br)cc3Cl)cc2OC1C(F)(F)F. The van der Waals surface area contributed by atoms with Gasteiger partial charge in [0.15, 0.2) is 0 Å². The first-order valence-corrected chi connectivity index (χ1v) is 8.27. The van der Waals surface area contributed by atoms with E-state index in [1.54, 1.807) is 18.2 Å². The summed E-state index contributed by atoms with van der Waals surface area (Å²) in [4.78, 5) is 11.1. The first-order valence-electron chi connectivity index (χ1n) is 7.10. The highest BCUT2D eigenvalue weighted by Crippen LogP contribution is 2.40. The largest absolute Gasteiger partial charge is 0.478 e. The quantitative estimate of drug-likeness (QED) is 0.654. The second-order valence-corrected chi connectivity index (χ2v) is 6.64. The molecule has 0 radical (unpaired) electrons. The van der Waals surface area contributed by atoms with E-state index in [-0.39, 0.29) is 17.1 Å². The van der Waals surface area contributed by atoms with Gasteiger partial charge in [0, 0.05) is 16.1 Å². The molecular formula is C17H9BrClF3O4. The van der Waals surface area contributed by atoms with Crippen molar-refractivity contribution < 1.29 is 32.5 Å². The number of alkyl halides is 3. The van der Waals surface area contributed by atoms with E-state index in [1.807, 2.05) is 0 Å². The molecule has 1 heterocycles. The Morgan fingerprint density at radius 3 is 2.58 bits per heavy atom. The lowest BCUT2D eigenvalue weighted by Gasteiger charge is -2.27. The van der Waals surface area contributed by atoms with Crippen LogP contribution in [0.1, 0.15) is 5.56 Å². The molecule has 9 heteroatoms. The van der Waals surface area contributed by atoms with Gasteiger partial charge in [0.1, 0.15) is 17.2 Å². The molecular weight excluding hydrogens is 441 g/mol. The van der Waals surface area contributed by atoms with Crippen molar-refractivity contribution in [3.05, 3.63) is 57.0 Å². The Morgan fingerprint density at radius 1 is 1.23 bits per heavy atom. The van der Waals surface area contributed by atoms with Gasteiger partial charge in [-0.2, -0.15) is 13.2 Å². The smallest absolute Gasteiger partial charge is 0.430 e. The molecule has 1 unspecified atom stereocenters. The number of carboxylic acids is 1. The number of carbonyl (C=O) groups is 1. The predicted octanol–water partition coefficient (Wildman–Crippen LogP) is 5.69. The normalized spacial score (nSPS) is 16.3. The summed E-state index contributed by atoms with van der Waals surface area (Å²) >= 11 is 9.30. The van der Waals surface area contributed by atoms with Crippen LogP contribution in [0.2, 0.25) is 5.02 Å². The van der Waals surface area contributed by atoms with Crippen molar-refractivity contribution in [1.29, 1.82) is 0 Å². The van der Waals surface area contributed by atoms with Gasteiger partial charge >= 0.3 is 12.1 Å². The minimum Gasteiger partial charge on any atom is -0.478 e. The minimum atomic E-state index is -4.87. The highest BCUT2D eigenvalue weighted by Gasteiger charge is 2.48. The Labute approximate surface area is 158 Å². The molecule has 0 saturated carbocycles. The van der Waals surface area contributed by atoms with E-state index in [2.05, 4.69) is 15.9 Å². The average Bonchev–Trinajstić information content (AvgIpc) is 2.55. The number of hydrogen-bond acceptors (Lipinski definition) is 3. The van der Waals surface area contributed by atoms with Crippen LogP contribution in [0, 0.1) is 0 Å². The van der Waals surface area contributed by atoms with Gasteiger partial charge in [-0.1, -0.05) is 27.5 Å². The van der Waals surface area contributed by atoms with Crippen LogP contribution in [-0.2, 0) is 4.79 Å². The van der Waals surface area contributed by atoms with Crippen LogP contribution in [0.15, 0.2) is 46.4 Å². The van der Waals surface area contributed by atoms with Crippen molar-refractivity contribution in [2.45, 2.75) is 12.3 Å². The van der Waals surface area contributed by atoms with Crippen LogP contribution in [0.3, 0.4) is 0 Å². The van der Waals surface area contributed by atoms with Gasteiger partial charge in [-0.25, -0.2) is 4.79 Å². The third-order valence-corrected chi connectivity index (χ3v) is 4.28. The standard InChI is InChI=1S/C17H9BrClF3O4/c18-9-2-4-13(12(19)6-9)25-10-3-1-8-5-11(16(23)24)15(17(20,21)22)26-14(8)7-10/h1-7,15H,(H,23,24). The molecule has 0 amide bonds. The molecule has 26 heavy (non-hydrogen) atoms. The summed E-state index contributed by atoms with van der Waals surface area (Å²) < 4.78 is 50.5. The lowest BCUT2D eigenvalue weighted by atomic mass is 10.0. The summed E-state index contributed by atoms with van der Waals surface area (Å²) in [5.74, 6) is -1.33. The van der Waals surface area contributed by atoms with E-state index in [9.17, 15) is 18.0 Å². The first kappa shape index (κ1) is 18.6. The van der Waals surface area contributed by atoms with Crippen LogP contribution in [0.4, 0.5) is 13.2 Å². The second-order valence-electron chi connectivity index (χ2n) is 5.32. The number of ether oxygens (including phenoxy) is 2. The summed E-state index contributed by atoms with van der Waals surface area (Å²) in [7, 11) is 0. The Kier molecular flexibility index (Phi) is 4.90. The zero-order valence-corrected chi connectivity index (χ0v) is 15.0. The van der Waals surface area contributed by atoms with Gasteiger partial charge in [0.25, 0.3) is 0 Å². The highest BCUT2D eigenvalue weighted by atomic mass is 79.9. The molecule has 0 aliphatic carbocycles. The van der Waals surface area contributed by atoms with Crippen molar-refractivity contribution in [1.82, 2.24) is 0 Å². The lowest BCUT2D eigenvalue weighted by molar-refractivity contribution is -0.187. The van der Waals surface area contributed by atoms with Gasteiger partial charge in [0.05, 0.1) is 10.6 Å². The van der Waals surface area contributed by atoms with E-state index in [0.29, 0.717) is 10.8 Å². The lowest BCUT2D eigenvalue weighted by Crippen LogP contribution is -2.40. The molecule has 0 spiro atoms. The van der Waals surface area contributed by atoms with Gasteiger partial charge in [-0.05, 0) is 36.4 Å². The topological polar surface area (TPSA) is 55.8 Å². The molecule has 0 saturated heterocycles. The molecule has 2 aromatic rings. The second kappa shape index (κ2) is 6.85. The van der Waals surface area contributed by atoms with Crippen molar-refractivity contribution in [2.75, 3.05) is 0 Å². The summed E-state index contributed by atoms with van der Waals surface area (Å²) in [5, 5.41) is 9.31. The van der Waals surface area contributed by atoms with Gasteiger partial charge in [0.2, 0.25) is 6.10 Å². The Bertz CT molecular complexity index is 911. The fraction of sp³-hybridized carbons (Fsp3) is 0.118. The zero-order valence-electron chi connectivity index (χ0n) is 12.7. The fourth-order valence-electron chi connectivity index (χ4n) is 2.34. The molecule has 136 valence electrons. The number of halogens is 5. The molecule has 4 nitrogen and oxygen atoms in total. The van der Waals surface area contributed by atoms with Crippen LogP contribution in [0.5, 0.6) is 17.2 Å². The first-order chi connectivity index (χ1) is 12.1. The molecule has 1 aliphatic heterocycles.